The summed E-state index contributed by atoms with van der Waals surface area (Å²) >= 11 is 0. The molecule has 0 atom stereocenters. The van der Waals surface area contributed by atoms with Crippen molar-refractivity contribution in [3.8, 4) is 17.2 Å². The summed E-state index contributed by atoms with van der Waals surface area (Å²) in [6, 6.07) is 5.30. The number of pyridine rings is 1. The highest BCUT2D eigenvalue weighted by Crippen LogP contribution is 2.36. The zero-order valence-corrected chi connectivity index (χ0v) is 12.7. The van der Waals surface area contributed by atoms with Crippen molar-refractivity contribution in [3.63, 3.8) is 0 Å². The topological polar surface area (TPSA) is 62.7 Å². The van der Waals surface area contributed by atoms with Gasteiger partial charge in [0.1, 0.15) is 29.1 Å². The summed E-state index contributed by atoms with van der Waals surface area (Å²) in [7, 11) is 0. The second kappa shape index (κ2) is 6.33. The molecule has 5 heteroatoms. The fourth-order valence-electron chi connectivity index (χ4n) is 3.22. The van der Waals surface area contributed by atoms with Crippen molar-refractivity contribution in [1.29, 1.82) is 5.26 Å². The number of rotatable bonds is 1. The molecule has 3 rings (SSSR count). The van der Waals surface area contributed by atoms with E-state index in [2.05, 4.69) is 4.98 Å². The molecule has 1 heterocycles. The summed E-state index contributed by atoms with van der Waals surface area (Å²) in [5, 5.41) is 9.46. The molecular weight excluding hydrogens is 296 g/mol. The molecule has 0 aliphatic heterocycles. The number of nitrogens with zero attached hydrogens (tertiary/aromatic N) is 2. The van der Waals surface area contributed by atoms with E-state index in [0.29, 0.717) is 12.0 Å². The predicted octanol–water partition coefficient (Wildman–Crippen LogP) is 4.14. The van der Waals surface area contributed by atoms with Crippen LogP contribution in [0.5, 0.6) is 0 Å². The molecule has 0 fully saturated rings. The number of nitriles is 1. The molecule has 0 bridgehead atoms. The molecule has 23 heavy (non-hydrogen) atoms. The van der Waals surface area contributed by atoms with E-state index in [9.17, 15) is 14.0 Å². The number of hydrogen-bond acceptors (Lipinski definition) is 3. The molecule has 0 amide bonds. The summed E-state index contributed by atoms with van der Waals surface area (Å²) in [6.07, 6.45) is 5.56. The van der Waals surface area contributed by atoms with Gasteiger partial charge in [-0.25, -0.2) is 13.8 Å². The Morgan fingerprint density at radius 3 is 2.57 bits per heavy atom. The molecule has 2 N–H and O–H groups in total. The Kier molecular flexibility index (Phi) is 4.24. The summed E-state index contributed by atoms with van der Waals surface area (Å²) in [4.78, 5) is 4.36. The Morgan fingerprint density at radius 1 is 1.09 bits per heavy atom. The zero-order valence-electron chi connectivity index (χ0n) is 12.7. The van der Waals surface area contributed by atoms with Gasteiger partial charge in [-0.15, -0.1) is 0 Å². The van der Waals surface area contributed by atoms with E-state index >= 15 is 0 Å². The quantitative estimate of drug-likeness (QED) is 0.860. The third kappa shape index (κ3) is 2.89. The van der Waals surface area contributed by atoms with Crippen molar-refractivity contribution in [3.05, 3.63) is 46.7 Å². The van der Waals surface area contributed by atoms with Crippen molar-refractivity contribution in [2.24, 2.45) is 0 Å². The van der Waals surface area contributed by atoms with Crippen molar-refractivity contribution < 1.29 is 8.78 Å². The molecule has 118 valence electrons. The van der Waals surface area contributed by atoms with Gasteiger partial charge in [0, 0.05) is 16.8 Å². The number of halogens is 2. The molecule has 1 aromatic heterocycles. The number of anilines is 1. The maximum absolute atomic E-state index is 14.3. The summed E-state index contributed by atoms with van der Waals surface area (Å²) in [5.41, 5.74) is 8.19. The van der Waals surface area contributed by atoms with Crippen LogP contribution in [-0.4, -0.2) is 4.98 Å². The smallest absolute Gasteiger partial charge is 0.142 e. The lowest BCUT2D eigenvalue weighted by Gasteiger charge is -2.20. The first-order chi connectivity index (χ1) is 11.1. The third-order valence-corrected chi connectivity index (χ3v) is 4.31. The Balaban J connectivity index is 2.33. The van der Waals surface area contributed by atoms with Gasteiger partial charge in [0.05, 0.1) is 0 Å². The summed E-state index contributed by atoms with van der Waals surface area (Å²) < 4.78 is 28.0. The fraction of sp³-hybridized carbons (Fsp3) is 0.333. The standard InChI is InChI=1S/C18H17F2N3/c19-11-7-8-15(20)13(9-11)17-12-5-3-1-2-4-6-16(12)23-18(22)14(17)10-21/h7-9H,1-6H2,(H2,22,23). The van der Waals surface area contributed by atoms with Gasteiger partial charge in [0.15, 0.2) is 0 Å². The minimum absolute atomic E-state index is 0.0884. The Hall–Kier alpha value is -2.48. The molecule has 1 aliphatic carbocycles. The van der Waals surface area contributed by atoms with Crippen LogP contribution in [-0.2, 0) is 12.8 Å². The Morgan fingerprint density at radius 2 is 1.83 bits per heavy atom. The molecular formula is C18H17F2N3. The first kappa shape index (κ1) is 15.4. The second-order valence-corrected chi connectivity index (χ2v) is 5.82. The fourth-order valence-corrected chi connectivity index (χ4v) is 3.22. The first-order valence-electron chi connectivity index (χ1n) is 7.78. The van der Waals surface area contributed by atoms with Gasteiger partial charge in [-0.3, -0.25) is 0 Å². The summed E-state index contributed by atoms with van der Waals surface area (Å²) in [6.45, 7) is 0. The lowest BCUT2D eigenvalue weighted by molar-refractivity contribution is 0.599. The van der Waals surface area contributed by atoms with Crippen LogP contribution in [0.25, 0.3) is 11.1 Å². The highest BCUT2D eigenvalue weighted by atomic mass is 19.1. The van der Waals surface area contributed by atoms with E-state index in [0.717, 1.165) is 61.6 Å². The number of benzene rings is 1. The molecule has 1 aromatic carbocycles. The van der Waals surface area contributed by atoms with Gasteiger partial charge in [-0.2, -0.15) is 5.26 Å². The minimum atomic E-state index is -0.558. The number of fused-ring (bicyclic) bond motifs is 1. The van der Waals surface area contributed by atoms with Crippen molar-refractivity contribution in [2.45, 2.75) is 38.5 Å². The molecule has 0 saturated carbocycles. The van der Waals surface area contributed by atoms with E-state index in [1.165, 1.54) is 0 Å². The van der Waals surface area contributed by atoms with E-state index in [1.807, 2.05) is 6.07 Å². The SMILES string of the molecule is N#Cc1c(N)nc2c(c1-c1cc(F)ccc1F)CCCCCC2. The Bertz CT molecular complexity index is 794. The van der Waals surface area contributed by atoms with E-state index in [4.69, 9.17) is 5.73 Å². The van der Waals surface area contributed by atoms with Crippen molar-refractivity contribution in [2.75, 3.05) is 5.73 Å². The van der Waals surface area contributed by atoms with Crippen LogP contribution in [0.3, 0.4) is 0 Å². The average molecular weight is 313 g/mol. The molecule has 1 aliphatic rings. The van der Waals surface area contributed by atoms with Crippen molar-refractivity contribution >= 4 is 5.82 Å². The van der Waals surface area contributed by atoms with Crippen LogP contribution in [0.2, 0.25) is 0 Å². The van der Waals surface area contributed by atoms with Crippen LogP contribution in [0.4, 0.5) is 14.6 Å². The van der Waals surface area contributed by atoms with Crippen LogP contribution in [0.15, 0.2) is 18.2 Å². The van der Waals surface area contributed by atoms with Crippen LogP contribution in [0.1, 0.15) is 42.5 Å². The van der Waals surface area contributed by atoms with Gasteiger partial charge in [0.25, 0.3) is 0 Å². The lowest BCUT2D eigenvalue weighted by atomic mass is 9.87. The van der Waals surface area contributed by atoms with Gasteiger partial charge >= 0.3 is 0 Å². The molecule has 3 nitrogen and oxygen atoms in total. The largest absolute Gasteiger partial charge is 0.383 e. The number of nitrogen functional groups attached to an aromatic ring is 1. The van der Waals surface area contributed by atoms with Crippen molar-refractivity contribution in [1.82, 2.24) is 4.98 Å². The molecule has 0 radical (unpaired) electrons. The van der Waals surface area contributed by atoms with Crippen LogP contribution in [0, 0.1) is 23.0 Å². The van der Waals surface area contributed by atoms with Gasteiger partial charge in [-0.1, -0.05) is 12.8 Å². The Labute approximate surface area is 133 Å². The molecule has 0 saturated heterocycles. The lowest BCUT2D eigenvalue weighted by Crippen LogP contribution is -2.10. The normalized spacial score (nSPS) is 14.5. The maximum Gasteiger partial charge on any atom is 0.142 e. The number of hydrogen-bond donors (Lipinski definition) is 1. The number of nitrogens with two attached hydrogens (primary N) is 1. The zero-order chi connectivity index (χ0) is 16.4. The second-order valence-electron chi connectivity index (χ2n) is 5.82. The van der Waals surface area contributed by atoms with E-state index in [1.54, 1.807) is 0 Å². The third-order valence-electron chi connectivity index (χ3n) is 4.31. The number of aromatic nitrogens is 1. The van der Waals surface area contributed by atoms with Crippen LogP contribution < -0.4 is 5.73 Å². The van der Waals surface area contributed by atoms with Gasteiger partial charge in [0.2, 0.25) is 0 Å². The monoisotopic (exact) mass is 313 g/mol. The van der Waals surface area contributed by atoms with Gasteiger partial charge in [-0.05, 0) is 49.4 Å². The highest BCUT2D eigenvalue weighted by molar-refractivity contribution is 5.79. The highest BCUT2D eigenvalue weighted by Gasteiger charge is 2.22. The van der Waals surface area contributed by atoms with E-state index < -0.39 is 11.6 Å². The van der Waals surface area contributed by atoms with Gasteiger partial charge < -0.3 is 5.73 Å². The minimum Gasteiger partial charge on any atom is -0.383 e. The number of aryl methyl sites for hydroxylation is 1. The average Bonchev–Trinajstić information content (AvgIpc) is 2.51. The van der Waals surface area contributed by atoms with E-state index in [-0.39, 0.29) is 16.9 Å². The maximum atomic E-state index is 14.3. The molecule has 0 unspecified atom stereocenters. The first-order valence-corrected chi connectivity index (χ1v) is 7.78. The predicted molar refractivity (Wildman–Crippen MR) is 84.6 cm³/mol. The van der Waals surface area contributed by atoms with Crippen LogP contribution >= 0.6 is 0 Å². The summed E-state index contributed by atoms with van der Waals surface area (Å²) in [5.74, 6) is -1.01. The molecule has 2 aromatic rings. The molecule has 0 spiro atoms.